The van der Waals surface area contributed by atoms with Crippen molar-refractivity contribution in [1.82, 2.24) is 4.90 Å². The van der Waals surface area contributed by atoms with E-state index in [1.165, 1.54) is 0 Å². The van der Waals surface area contributed by atoms with Crippen LogP contribution in [0.1, 0.15) is 40.0 Å². The second-order valence-corrected chi connectivity index (χ2v) is 3.53. The highest BCUT2D eigenvalue weighted by atomic mass is 16.4. The summed E-state index contributed by atoms with van der Waals surface area (Å²) < 4.78 is 0. The van der Waals surface area contributed by atoms with Crippen LogP contribution in [0.3, 0.4) is 0 Å². The predicted molar refractivity (Wildman–Crippen MR) is 53.8 cm³/mol. The van der Waals surface area contributed by atoms with Crippen LogP contribution in [0.4, 0.5) is 0 Å². The molecule has 13 heavy (non-hydrogen) atoms. The maximum atomic E-state index is 10.7. The maximum absolute atomic E-state index is 10.7. The molecule has 0 saturated carbocycles. The van der Waals surface area contributed by atoms with Crippen molar-refractivity contribution in [2.45, 2.75) is 52.1 Å². The van der Waals surface area contributed by atoms with E-state index in [1.54, 1.807) is 6.92 Å². The molecule has 1 N–H and O–H groups in total. The predicted octanol–water partition coefficient (Wildman–Crippen LogP) is 1.97. The first kappa shape index (κ1) is 12.4. The fourth-order valence-corrected chi connectivity index (χ4v) is 1.52. The van der Waals surface area contributed by atoms with Gasteiger partial charge in [-0.3, -0.25) is 9.69 Å². The zero-order valence-electron chi connectivity index (χ0n) is 9.08. The number of likely N-dealkylation sites (N-methyl/N-ethyl adjacent to an activating group) is 1. The third-order valence-electron chi connectivity index (χ3n) is 2.64. The van der Waals surface area contributed by atoms with Crippen molar-refractivity contribution in [2.24, 2.45) is 0 Å². The lowest BCUT2D eigenvalue weighted by atomic mass is 10.1. The first-order valence-corrected chi connectivity index (χ1v) is 4.99. The van der Waals surface area contributed by atoms with Crippen molar-refractivity contribution in [2.75, 3.05) is 7.05 Å². The van der Waals surface area contributed by atoms with Gasteiger partial charge in [0.15, 0.2) is 0 Å². The van der Waals surface area contributed by atoms with Crippen LogP contribution >= 0.6 is 0 Å². The molecule has 0 aliphatic heterocycles. The standard InChI is InChI=1S/C10H21NO2/c1-5-7-9(6-2)11(4)8(3)10(12)13/h8-9H,5-7H2,1-4H3,(H,12,13). The fraction of sp³-hybridized carbons (Fsp3) is 0.900. The largest absolute Gasteiger partial charge is 0.480 e. The number of hydrogen-bond donors (Lipinski definition) is 1. The number of carbonyl (C=O) groups is 1. The van der Waals surface area contributed by atoms with E-state index in [-0.39, 0.29) is 6.04 Å². The van der Waals surface area contributed by atoms with E-state index >= 15 is 0 Å². The molecular weight excluding hydrogens is 166 g/mol. The summed E-state index contributed by atoms with van der Waals surface area (Å²) in [6.45, 7) is 5.97. The van der Waals surface area contributed by atoms with Crippen LogP contribution in [0.5, 0.6) is 0 Å². The Kier molecular flexibility index (Phi) is 5.71. The van der Waals surface area contributed by atoms with E-state index in [1.807, 2.05) is 11.9 Å². The highest BCUT2D eigenvalue weighted by Gasteiger charge is 2.22. The van der Waals surface area contributed by atoms with Gasteiger partial charge in [0, 0.05) is 6.04 Å². The topological polar surface area (TPSA) is 40.5 Å². The van der Waals surface area contributed by atoms with E-state index < -0.39 is 5.97 Å². The lowest BCUT2D eigenvalue weighted by molar-refractivity contribution is -0.143. The summed E-state index contributed by atoms with van der Waals surface area (Å²) in [5, 5.41) is 8.82. The molecule has 0 aromatic heterocycles. The van der Waals surface area contributed by atoms with Crippen LogP contribution < -0.4 is 0 Å². The number of hydrogen-bond acceptors (Lipinski definition) is 2. The maximum Gasteiger partial charge on any atom is 0.320 e. The molecule has 0 aliphatic rings. The minimum atomic E-state index is -0.739. The molecule has 0 aromatic rings. The van der Waals surface area contributed by atoms with E-state index in [2.05, 4.69) is 13.8 Å². The van der Waals surface area contributed by atoms with Crippen LogP contribution in [0, 0.1) is 0 Å². The molecule has 0 aromatic carbocycles. The van der Waals surface area contributed by atoms with Crippen LogP contribution in [-0.4, -0.2) is 35.1 Å². The van der Waals surface area contributed by atoms with E-state index in [9.17, 15) is 4.79 Å². The van der Waals surface area contributed by atoms with Gasteiger partial charge in [0.1, 0.15) is 6.04 Å². The van der Waals surface area contributed by atoms with Gasteiger partial charge < -0.3 is 5.11 Å². The lowest BCUT2D eigenvalue weighted by Gasteiger charge is -2.30. The van der Waals surface area contributed by atoms with E-state index in [0.29, 0.717) is 6.04 Å². The van der Waals surface area contributed by atoms with Gasteiger partial charge in [0.2, 0.25) is 0 Å². The van der Waals surface area contributed by atoms with Gasteiger partial charge in [-0.05, 0) is 26.8 Å². The second kappa shape index (κ2) is 5.97. The number of aliphatic carboxylic acids is 1. The summed E-state index contributed by atoms with van der Waals surface area (Å²) in [4.78, 5) is 12.7. The quantitative estimate of drug-likeness (QED) is 0.691. The number of nitrogens with zero attached hydrogens (tertiary/aromatic N) is 1. The zero-order valence-corrected chi connectivity index (χ0v) is 9.08. The third-order valence-corrected chi connectivity index (χ3v) is 2.64. The Hall–Kier alpha value is -0.570. The van der Waals surface area contributed by atoms with Gasteiger partial charge in [-0.25, -0.2) is 0 Å². The third kappa shape index (κ3) is 3.77. The highest BCUT2D eigenvalue weighted by molar-refractivity contribution is 5.72. The number of carboxylic acid groups (broad SMARTS) is 1. The molecule has 2 atom stereocenters. The van der Waals surface area contributed by atoms with Gasteiger partial charge in [0.05, 0.1) is 0 Å². The summed E-state index contributed by atoms with van der Waals surface area (Å²) in [6.07, 6.45) is 3.20. The Bertz CT molecular complexity index is 159. The molecule has 0 aliphatic carbocycles. The van der Waals surface area contributed by atoms with Crippen molar-refractivity contribution in [3.05, 3.63) is 0 Å². The number of carboxylic acids is 1. The molecule has 2 unspecified atom stereocenters. The number of rotatable bonds is 6. The van der Waals surface area contributed by atoms with Crippen molar-refractivity contribution in [3.8, 4) is 0 Å². The molecule has 0 saturated heterocycles. The molecule has 0 fully saturated rings. The first-order valence-electron chi connectivity index (χ1n) is 4.99. The van der Waals surface area contributed by atoms with Crippen LogP contribution in [0.25, 0.3) is 0 Å². The van der Waals surface area contributed by atoms with Gasteiger partial charge in [-0.1, -0.05) is 20.3 Å². The van der Waals surface area contributed by atoms with Gasteiger partial charge in [-0.2, -0.15) is 0 Å². The molecule has 0 heterocycles. The summed E-state index contributed by atoms with van der Waals surface area (Å²) in [5.74, 6) is -0.739. The molecule has 3 heteroatoms. The highest BCUT2D eigenvalue weighted by Crippen LogP contribution is 2.12. The lowest BCUT2D eigenvalue weighted by Crippen LogP contribution is -2.42. The molecule has 78 valence electrons. The minimum absolute atomic E-state index is 0.378. The molecular formula is C10H21NO2. The zero-order chi connectivity index (χ0) is 10.4. The molecule has 3 nitrogen and oxygen atoms in total. The first-order chi connectivity index (χ1) is 6.04. The second-order valence-electron chi connectivity index (χ2n) is 3.53. The molecule has 0 spiro atoms. The Morgan fingerprint density at radius 1 is 1.46 bits per heavy atom. The molecule has 0 rings (SSSR count). The van der Waals surface area contributed by atoms with Crippen molar-refractivity contribution >= 4 is 5.97 Å². The Labute approximate surface area is 80.7 Å². The van der Waals surface area contributed by atoms with Crippen molar-refractivity contribution in [1.29, 1.82) is 0 Å². The molecule has 0 bridgehead atoms. The monoisotopic (exact) mass is 187 g/mol. The minimum Gasteiger partial charge on any atom is -0.480 e. The van der Waals surface area contributed by atoms with Crippen LogP contribution in [0.15, 0.2) is 0 Å². The smallest absolute Gasteiger partial charge is 0.320 e. The van der Waals surface area contributed by atoms with Gasteiger partial charge in [-0.15, -0.1) is 0 Å². The van der Waals surface area contributed by atoms with E-state index in [4.69, 9.17) is 5.11 Å². The Morgan fingerprint density at radius 3 is 2.31 bits per heavy atom. The summed E-state index contributed by atoms with van der Waals surface area (Å²) >= 11 is 0. The van der Waals surface area contributed by atoms with Crippen molar-refractivity contribution < 1.29 is 9.90 Å². The molecule has 0 amide bonds. The average molecular weight is 187 g/mol. The van der Waals surface area contributed by atoms with E-state index in [0.717, 1.165) is 19.3 Å². The Balaban J connectivity index is 4.17. The SMILES string of the molecule is CCCC(CC)N(C)C(C)C(=O)O. The average Bonchev–Trinajstić information content (AvgIpc) is 2.11. The fourth-order valence-electron chi connectivity index (χ4n) is 1.52. The Morgan fingerprint density at radius 2 is 2.00 bits per heavy atom. The summed E-state index contributed by atoms with van der Waals surface area (Å²) in [5.41, 5.74) is 0. The summed E-state index contributed by atoms with van der Waals surface area (Å²) in [6, 6.07) is 0.0209. The van der Waals surface area contributed by atoms with Crippen LogP contribution in [0.2, 0.25) is 0 Å². The molecule has 0 radical (unpaired) electrons. The summed E-state index contributed by atoms with van der Waals surface area (Å²) in [7, 11) is 1.89. The van der Waals surface area contributed by atoms with Crippen LogP contribution in [-0.2, 0) is 4.79 Å². The normalized spacial score (nSPS) is 15.8. The van der Waals surface area contributed by atoms with Gasteiger partial charge >= 0.3 is 5.97 Å². The van der Waals surface area contributed by atoms with Crippen molar-refractivity contribution in [3.63, 3.8) is 0 Å². The van der Waals surface area contributed by atoms with Gasteiger partial charge in [0.25, 0.3) is 0 Å².